The van der Waals surface area contributed by atoms with E-state index in [2.05, 4.69) is 14.5 Å². The van der Waals surface area contributed by atoms with E-state index in [9.17, 15) is 13.6 Å². The number of imidazole rings is 1. The molecule has 136 valence electrons. The standard InChI is InChI=1S/C18H24F2N4O/c1-3-8-23(11-14(19)20)18(25)13-10-12(2)21-17-16(13)22-15-7-5-4-6-9-24(15)17/h10,14H,3-9,11H2,1-2H3. The first kappa shape index (κ1) is 17.8. The summed E-state index contributed by atoms with van der Waals surface area (Å²) in [5, 5.41) is 0. The largest absolute Gasteiger partial charge is 0.333 e. The lowest BCUT2D eigenvalue weighted by Crippen LogP contribution is -2.36. The molecule has 0 saturated carbocycles. The number of pyridine rings is 1. The Hall–Kier alpha value is -2.05. The summed E-state index contributed by atoms with van der Waals surface area (Å²) in [5.74, 6) is 0.557. The highest BCUT2D eigenvalue weighted by atomic mass is 19.3. The summed E-state index contributed by atoms with van der Waals surface area (Å²) in [5.41, 5.74) is 2.34. The monoisotopic (exact) mass is 350 g/mol. The molecule has 5 nitrogen and oxygen atoms in total. The molecular formula is C18H24F2N4O. The Bertz CT molecular complexity index is 772. The SMILES string of the molecule is CCCN(CC(F)F)C(=O)c1cc(C)nc2c1nc1n2CCCCC1. The number of hydrogen-bond acceptors (Lipinski definition) is 3. The highest BCUT2D eigenvalue weighted by Crippen LogP contribution is 2.25. The van der Waals surface area contributed by atoms with Gasteiger partial charge in [-0.25, -0.2) is 18.7 Å². The fourth-order valence-corrected chi connectivity index (χ4v) is 3.46. The van der Waals surface area contributed by atoms with E-state index in [1.165, 1.54) is 4.90 Å². The van der Waals surface area contributed by atoms with Gasteiger partial charge in [0.25, 0.3) is 12.3 Å². The van der Waals surface area contributed by atoms with E-state index in [0.29, 0.717) is 35.4 Å². The zero-order chi connectivity index (χ0) is 18.0. The maximum absolute atomic E-state index is 12.9. The maximum atomic E-state index is 12.9. The van der Waals surface area contributed by atoms with Crippen LogP contribution in [0.15, 0.2) is 6.07 Å². The van der Waals surface area contributed by atoms with Crippen LogP contribution in [-0.4, -0.2) is 44.9 Å². The zero-order valence-corrected chi connectivity index (χ0v) is 14.8. The van der Waals surface area contributed by atoms with Gasteiger partial charge in [0.2, 0.25) is 0 Å². The third-order valence-electron chi connectivity index (χ3n) is 4.56. The second-order valence-electron chi connectivity index (χ2n) is 6.62. The molecule has 0 radical (unpaired) electrons. The summed E-state index contributed by atoms with van der Waals surface area (Å²) in [6.07, 6.45) is 2.22. The van der Waals surface area contributed by atoms with Gasteiger partial charge in [-0.2, -0.15) is 0 Å². The minimum absolute atomic E-state index is 0.305. The molecule has 0 bridgehead atoms. The predicted molar refractivity (Wildman–Crippen MR) is 92.0 cm³/mol. The Kier molecular flexibility index (Phi) is 5.30. The third kappa shape index (κ3) is 3.65. The van der Waals surface area contributed by atoms with Crippen LogP contribution in [0.1, 0.15) is 54.5 Å². The summed E-state index contributed by atoms with van der Waals surface area (Å²) >= 11 is 0. The van der Waals surface area contributed by atoms with E-state index in [1.54, 1.807) is 6.07 Å². The Morgan fingerprint density at radius 2 is 2.12 bits per heavy atom. The molecule has 3 heterocycles. The van der Waals surface area contributed by atoms with Crippen molar-refractivity contribution in [1.29, 1.82) is 0 Å². The summed E-state index contributed by atoms with van der Waals surface area (Å²) in [6, 6.07) is 1.67. The normalized spacial score (nSPS) is 14.6. The van der Waals surface area contributed by atoms with Crippen molar-refractivity contribution < 1.29 is 13.6 Å². The average molecular weight is 350 g/mol. The predicted octanol–water partition coefficient (Wildman–Crippen LogP) is 3.58. The lowest BCUT2D eigenvalue weighted by atomic mass is 10.1. The van der Waals surface area contributed by atoms with Gasteiger partial charge >= 0.3 is 0 Å². The number of fused-ring (bicyclic) bond motifs is 3. The molecule has 2 aromatic rings. The van der Waals surface area contributed by atoms with Gasteiger partial charge in [0.05, 0.1) is 12.1 Å². The molecule has 0 fully saturated rings. The number of carbonyl (C=O) groups is 1. The fraction of sp³-hybridized carbons (Fsp3) is 0.611. The van der Waals surface area contributed by atoms with Gasteiger partial charge in [0, 0.05) is 25.2 Å². The molecule has 3 rings (SSSR count). The van der Waals surface area contributed by atoms with Crippen LogP contribution >= 0.6 is 0 Å². The topological polar surface area (TPSA) is 51.0 Å². The van der Waals surface area contributed by atoms with Crippen molar-refractivity contribution >= 4 is 17.1 Å². The van der Waals surface area contributed by atoms with Crippen molar-refractivity contribution in [3.8, 4) is 0 Å². The number of alkyl halides is 2. The molecule has 0 aromatic carbocycles. The molecule has 0 aliphatic carbocycles. The van der Waals surface area contributed by atoms with Crippen molar-refractivity contribution in [2.75, 3.05) is 13.1 Å². The van der Waals surface area contributed by atoms with Gasteiger partial charge in [-0.3, -0.25) is 4.79 Å². The Morgan fingerprint density at radius 3 is 2.84 bits per heavy atom. The lowest BCUT2D eigenvalue weighted by molar-refractivity contribution is 0.0556. The fourth-order valence-electron chi connectivity index (χ4n) is 3.46. The molecule has 1 aliphatic rings. The van der Waals surface area contributed by atoms with Crippen LogP contribution in [0.25, 0.3) is 11.2 Å². The molecular weight excluding hydrogens is 326 g/mol. The molecule has 2 aromatic heterocycles. The number of halogens is 2. The molecule has 0 N–H and O–H groups in total. The van der Waals surface area contributed by atoms with Crippen molar-refractivity contribution in [2.45, 2.75) is 58.9 Å². The third-order valence-corrected chi connectivity index (χ3v) is 4.56. The summed E-state index contributed by atoms with van der Waals surface area (Å²) in [4.78, 5) is 23.4. The molecule has 0 saturated heterocycles. The summed E-state index contributed by atoms with van der Waals surface area (Å²) < 4.78 is 27.9. The number of amides is 1. The van der Waals surface area contributed by atoms with E-state index in [-0.39, 0.29) is 5.91 Å². The van der Waals surface area contributed by atoms with Crippen LogP contribution in [0.2, 0.25) is 0 Å². The molecule has 7 heteroatoms. The number of rotatable bonds is 5. The van der Waals surface area contributed by atoms with E-state index < -0.39 is 13.0 Å². The Balaban J connectivity index is 2.07. The smallest absolute Gasteiger partial charge is 0.256 e. The molecule has 0 unspecified atom stereocenters. The first-order valence-corrected chi connectivity index (χ1v) is 8.95. The van der Waals surface area contributed by atoms with Crippen LogP contribution in [0.3, 0.4) is 0 Å². The van der Waals surface area contributed by atoms with E-state index in [0.717, 1.165) is 38.1 Å². The van der Waals surface area contributed by atoms with Crippen molar-refractivity contribution in [2.24, 2.45) is 0 Å². The highest BCUT2D eigenvalue weighted by Gasteiger charge is 2.25. The Labute approximate surface area is 146 Å². The second kappa shape index (κ2) is 7.45. The molecule has 0 spiro atoms. The Morgan fingerprint density at radius 1 is 1.32 bits per heavy atom. The maximum Gasteiger partial charge on any atom is 0.256 e. The first-order chi connectivity index (χ1) is 12.0. The number of carbonyl (C=O) groups excluding carboxylic acids is 1. The van der Waals surface area contributed by atoms with Gasteiger partial charge in [-0.05, 0) is 32.3 Å². The van der Waals surface area contributed by atoms with E-state index in [1.807, 2.05) is 13.8 Å². The van der Waals surface area contributed by atoms with Crippen LogP contribution in [0.4, 0.5) is 8.78 Å². The minimum atomic E-state index is -2.55. The molecule has 1 amide bonds. The summed E-state index contributed by atoms with van der Waals surface area (Å²) in [7, 11) is 0. The molecule has 0 atom stereocenters. The van der Waals surface area contributed by atoms with Gasteiger partial charge in [-0.15, -0.1) is 0 Å². The van der Waals surface area contributed by atoms with Crippen LogP contribution < -0.4 is 0 Å². The van der Waals surface area contributed by atoms with Crippen LogP contribution in [0.5, 0.6) is 0 Å². The molecule has 25 heavy (non-hydrogen) atoms. The van der Waals surface area contributed by atoms with Gasteiger partial charge in [-0.1, -0.05) is 13.3 Å². The zero-order valence-electron chi connectivity index (χ0n) is 14.8. The lowest BCUT2D eigenvalue weighted by Gasteiger charge is -2.22. The molecule has 1 aliphatic heterocycles. The van der Waals surface area contributed by atoms with E-state index >= 15 is 0 Å². The number of aromatic nitrogens is 3. The minimum Gasteiger partial charge on any atom is -0.333 e. The van der Waals surface area contributed by atoms with Gasteiger partial charge in [0.1, 0.15) is 11.3 Å². The van der Waals surface area contributed by atoms with Crippen LogP contribution in [0, 0.1) is 6.92 Å². The van der Waals surface area contributed by atoms with Crippen LogP contribution in [-0.2, 0) is 13.0 Å². The highest BCUT2D eigenvalue weighted by molar-refractivity contribution is 6.04. The quantitative estimate of drug-likeness (QED) is 0.828. The van der Waals surface area contributed by atoms with Crippen molar-refractivity contribution in [3.05, 3.63) is 23.1 Å². The van der Waals surface area contributed by atoms with E-state index in [4.69, 9.17) is 0 Å². The van der Waals surface area contributed by atoms with Crippen molar-refractivity contribution in [3.63, 3.8) is 0 Å². The van der Waals surface area contributed by atoms with Gasteiger partial charge in [0.15, 0.2) is 5.65 Å². The number of nitrogens with zero attached hydrogens (tertiary/aromatic N) is 4. The average Bonchev–Trinajstić information content (AvgIpc) is 2.75. The van der Waals surface area contributed by atoms with Gasteiger partial charge < -0.3 is 9.47 Å². The first-order valence-electron chi connectivity index (χ1n) is 8.95. The number of aryl methyl sites for hydroxylation is 3. The summed E-state index contributed by atoms with van der Waals surface area (Å²) in [6.45, 7) is 4.29. The van der Waals surface area contributed by atoms with Crippen molar-refractivity contribution in [1.82, 2.24) is 19.4 Å². The number of hydrogen-bond donors (Lipinski definition) is 0. The second-order valence-corrected chi connectivity index (χ2v) is 6.62.